The molecule has 1 aromatic rings. The normalized spacial score (nSPS) is 13.9. The molecule has 0 aliphatic carbocycles. The number of aliphatic hydroxyl groups is 1. The third kappa shape index (κ3) is 7.85. The van der Waals surface area contributed by atoms with Crippen LogP contribution in [0, 0.1) is 0 Å². The van der Waals surface area contributed by atoms with E-state index in [1.807, 2.05) is 0 Å². The van der Waals surface area contributed by atoms with Crippen LogP contribution in [0.15, 0.2) is 12.1 Å². The van der Waals surface area contributed by atoms with Crippen molar-refractivity contribution < 1.29 is 14.9 Å². The van der Waals surface area contributed by atoms with Gasteiger partial charge in [-0.25, -0.2) is 9.78 Å². The van der Waals surface area contributed by atoms with Crippen LogP contribution in [0.5, 0.6) is 0 Å². The molecule has 3 heteroatoms. The zero-order valence-corrected chi connectivity index (χ0v) is 22.8. The lowest BCUT2D eigenvalue weighted by molar-refractivity contribution is -0.415. The molecule has 0 saturated carbocycles. The van der Waals surface area contributed by atoms with Gasteiger partial charge in [-0.3, -0.25) is 0 Å². The second kappa shape index (κ2) is 13.1. The predicted molar refractivity (Wildman–Crippen MR) is 137 cm³/mol. The number of hydrogen-bond acceptors (Lipinski definition) is 3. The largest absolute Gasteiger partial charge is 0.393 e. The minimum Gasteiger partial charge on any atom is -0.393 e. The van der Waals surface area contributed by atoms with Crippen molar-refractivity contribution in [1.29, 1.82) is 0 Å². The van der Waals surface area contributed by atoms with Gasteiger partial charge < -0.3 is 5.11 Å². The van der Waals surface area contributed by atoms with E-state index in [0.717, 1.165) is 32.1 Å². The van der Waals surface area contributed by atoms with E-state index in [4.69, 9.17) is 9.78 Å². The van der Waals surface area contributed by atoms with E-state index in [-0.39, 0.29) is 11.7 Å². The van der Waals surface area contributed by atoms with Crippen LogP contribution in [0.25, 0.3) is 0 Å². The molecule has 1 rings (SSSR count). The van der Waals surface area contributed by atoms with E-state index < -0.39 is 5.60 Å². The molecule has 0 heterocycles. The molecule has 32 heavy (non-hydrogen) atoms. The molecule has 0 bridgehead atoms. The van der Waals surface area contributed by atoms with Crippen LogP contribution in [0.2, 0.25) is 0 Å². The molecule has 0 aliphatic heterocycles. The Bertz CT molecular complexity index is 642. The molecule has 0 aliphatic rings. The minimum absolute atomic E-state index is 0.304. The summed E-state index contributed by atoms with van der Waals surface area (Å²) in [5.74, 6) is 0.758. The third-order valence-electron chi connectivity index (χ3n) is 6.95. The highest BCUT2D eigenvalue weighted by atomic mass is 17.2. The molecule has 1 unspecified atom stereocenters. The molecule has 0 aromatic heterocycles. The average Bonchev–Trinajstić information content (AvgIpc) is 2.74. The van der Waals surface area contributed by atoms with Crippen molar-refractivity contribution in [3.63, 3.8) is 0 Å². The summed E-state index contributed by atoms with van der Waals surface area (Å²) in [6.07, 6.45) is 7.45. The fourth-order valence-electron chi connectivity index (χ4n) is 4.49. The molecule has 0 spiro atoms. The Balaban J connectivity index is 3.42. The van der Waals surface area contributed by atoms with Crippen LogP contribution in [0.1, 0.15) is 148 Å². The summed E-state index contributed by atoms with van der Waals surface area (Å²) in [4.78, 5) is 12.5. The summed E-state index contributed by atoms with van der Waals surface area (Å²) in [6.45, 7) is 21.9. The highest BCUT2D eigenvalue weighted by Gasteiger charge is 2.35. The van der Waals surface area contributed by atoms with Crippen LogP contribution in [-0.2, 0) is 21.8 Å². The Morgan fingerprint density at radius 1 is 0.844 bits per heavy atom. The highest BCUT2D eigenvalue weighted by Crippen LogP contribution is 2.40. The molecular weight excluding hydrogens is 396 g/mol. The van der Waals surface area contributed by atoms with Gasteiger partial charge >= 0.3 is 0 Å². The molecule has 0 saturated heterocycles. The zero-order valence-electron chi connectivity index (χ0n) is 22.8. The molecular formula is C29H52O3. The molecule has 3 nitrogen and oxygen atoms in total. The van der Waals surface area contributed by atoms with Gasteiger partial charge in [-0.15, -0.1) is 0 Å². The molecule has 1 N–H and O–H groups in total. The lowest BCUT2D eigenvalue weighted by Gasteiger charge is -2.36. The number of aliphatic hydroxyl groups excluding tert-OH is 1. The van der Waals surface area contributed by atoms with E-state index in [1.54, 1.807) is 0 Å². The van der Waals surface area contributed by atoms with E-state index in [1.165, 1.54) is 35.1 Å². The topological polar surface area (TPSA) is 38.7 Å². The van der Waals surface area contributed by atoms with Crippen molar-refractivity contribution in [2.45, 2.75) is 150 Å². The SMILES string of the molecule is CCCCCC(C)(C)OOC(CC)(CC)c1cc(C(C)C)c(CC(O)CC)c(C(C)C)c1. The fourth-order valence-corrected chi connectivity index (χ4v) is 4.49. The molecule has 1 atom stereocenters. The van der Waals surface area contributed by atoms with Crippen LogP contribution < -0.4 is 0 Å². The van der Waals surface area contributed by atoms with Crippen LogP contribution in [0.3, 0.4) is 0 Å². The first-order valence-electron chi connectivity index (χ1n) is 13.2. The third-order valence-corrected chi connectivity index (χ3v) is 6.95. The van der Waals surface area contributed by atoms with Crippen LogP contribution in [-0.4, -0.2) is 16.8 Å². The molecule has 0 amide bonds. The van der Waals surface area contributed by atoms with E-state index in [2.05, 4.69) is 81.4 Å². The zero-order chi connectivity index (χ0) is 24.5. The fraction of sp³-hybridized carbons (Fsp3) is 0.793. The Hall–Kier alpha value is -0.900. The van der Waals surface area contributed by atoms with E-state index >= 15 is 0 Å². The van der Waals surface area contributed by atoms with Crippen molar-refractivity contribution in [2.75, 3.05) is 0 Å². The lowest BCUT2D eigenvalue weighted by Crippen LogP contribution is -2.35. The molecule has 0 radical (unpaired) electrons. The highest BCUT2D eigenvalue weighted by molar-refractivity contribution is 5.45. The smallest absolute Gasteiger partial charge is 0.128 e. The van der Waals surface area contributed by atoms with Crippen molar-refractivity contribution in [3.05, 3.63) is 34.4 Å². The lowest BCUT2D eigenvalue weighted by atomic mass is 9.79. The van der Waals surface area contributed by atoms with Crippen LogP contribution >= 0.6 is 0 Å². The summed E-state index contributed by atoms with van der Waals surface area (Å²) in [5, 5.41) is 10.5. The van der Waals surface area contributed by atoms with E-state index in [9.17, 15) is 5.11 Å². The van der Waals surface area contributed by atoms with Crippen molar-refractivity contribution in [1.82, 2.24) is 0 Å². The molecule has 1 aromatic carbocycles. The van der Waals surface area contributed by atoms with Crippen molar-refractivity contribution in [3.8, 4) is 0 Å². The summed E-state index contributed by atoms with van der Waals surface area (Å²) in [5.41, 5.74) is 4.39. The van der Waals surface area contributed by atoms with Gasteiger partial charge in [0.2, 0.25) is 0 Å². The quantitative estimate of drug-likeness (QED) is 0.166. The van der Waals surface area contributed by atoms with Crippen molar-refractivity contribution >= 4 is 0 Å². The maximum atomic E-state index is 10.5. The number of benzene rings is 1. The number of rotatable bonds is 15. The van der Waals surface area contributed by atoms with Crippen molar-refractivity contribution in [2.24, 2.45) is 0 Å². The van der Waals surface area contributed by atoms with Crippen LogP contribution in [0.4, 0.5) is 0 Å². The summed E-state index contributed by atoms with van der Waals surface area (Å²) in [7, 11) is 0. The maximum Gasteiger partial charge on any atom is 0.128 e. The second-order valence-corrected chi connectivity index (χ2v) is 10.8. The molecule has 0 fully saturated rings. The Labute approximate surface area is 199 Å². The first-order chi connectivity index (χ1) is 15.0. The summed E-state index contributed by atoms with van der Waals surface area (Å²) >= 11 is 0. The van der Waals surface area contributed by atoms with Gasteiger partial charge in [-0.2, -0.15) is 0 Å². The van der Waals surface area contributed by atoms with Gasteiger partial charge in [-0.1, -0.05) is 86.8 Å². The van der Waals surface area contributed by atoms with Gasteiger partial charge in [0.15, 0.2) is 0 Å². The monoisotopic (exact) mass is 448 g/mol. The van der Waals surface area contributed by atoms with Gasteiger partial charge in [-0.05, 0) is 80.0 Å². The number of hydrogen-bond donors (Lipinski definition) is 1. The number of unbranched alkanes of at least 4 members (excludes halogenated alkanes) is 2. The van der Waals surface area contributed by atoms with Gasteiger partial charge in [0.25, 0.3) is 0 Å². The standard InChI is InChI=1S/C29H52O3/c1-11-15-16-17-28(9,10)31-32-29(13-3,14-4)23-18-25(21(5)6)27(20-24(30)12-2)26(19-23)22(7)8/h18-19,21-22,24,30H,11-17,20H2,1-10H3. The van der Waals surface area contributed by atoms with Gasteiger partial charge in [0.05, 0.1) is 11.7 Å². The Kier molecular flexibility index (Phi) is 11.9. The van der Waals surface area contributed by atoms with Gasteiger partial charge in [0, 0.05) is 0 Å². The predicted octanol–water partition coefficient (Wildman–Crippen LogP) is 8.57. The first kappa shape index (κ1) is 29.1. The molecule has 186 valence electrons. The summed E-state index contributed by atoms with van der Waals surface area (Å²) in [6, 6.07) is 4.66. The minimum atomic E-state index is -0.475. The van der Waals surface area contributed by atoms with E-state index in [0.29, 0.717) is 18.3 Å². The average molecular weight is 449 g/mol. The Morgan fingerprint density at radius 2 is 1.38 bits per heavy atom. The second-order valence-electron chi connectivity index (χ2n) is 10.8. The maximum absolute atomic E-state index is 10.5. The summed E-state index contributed by atoms with van der Waals surface area (Å²) < 4.78 is 0. The Morgan fingerprint density at radius 3 is 1.78 bits per heavy atom. The van der Waals surface area contributed by atoms with Gasteiger partial charge in [0.1, 0.15) is 5.60 Å². The first-order valence-corrected chi connectivity index (χ1v) is 13.2.